The van der Waals surface area contributed by atoms with E-state index in [1.165, 1.54) is 29.3 Å². The topological polar surface area (TPSA) is 24.5 Å². The molecule has 1 N–H and O–H groups in total. The predicted molar refractivity (Wildman–Crippen MR) is 92.6 cm³/mol. The van der Waals surface area contributed by atoms with Gasteiger partial charge in [-0.25, -0.2) is 0 Å². The number of hydrogen-bond acceptors (Lipinski definition) is 4. The van der Waals surface area contributed by atoms with E-state index in [2.05, 4.69) is 60.1 Å². The molecule has 2 heterocycles. The first-order valence-electron chi connectivity index (χ1n) is 7.90. The molecule has 1 aromatic rings. The highest BCUT2D eigenvalue weighted by molar-refractivity contribution is 7.99. The zero-order valence-electron chi connectivity index (χ0n) is 13.1. The molecular formula is C17H26N2OS. The van der Waals surface area contributed by atoms with Crippen molar-refractivity contribution in [2.75, 3.05) is 48.0 Å². The monoisotopic (exact) mass is 306 g/mol. The van der Waals surface area contributed by atoms with Crippen LogP contribution in [0.15, 0.2) is 24.3 Å². The number of ether oxygens (including phenoxy) is 1. The van der Waals surface area contributed by atoms with Crippen LogP contribution >= 0.6 is 11.8 Å². The smallest absolute Gasteiger partial charge is 0.0642 e. The first-order valence-corrected chi connectivity index (χ1v) is 9.06. The van der Waals surface area contributed by atoms with Crippen LogP contribution in [0.5, 0.6) is 0 Å². The zero-order valence-corrected chi connectivity index (χ0v) is 13.9. The fourth-order valence-electron chi connectivity index (χ4n) is 3.25. The maximum atomic E-state index is 5.47. The van der Waals surface area contributed by atoms with Gasteiger partial charge in [0, 0.05) is 24.9 Å². The summed E-state index contributed by atoms with van der Waals surface area (Å²) in [7, 11) is 0. The minimum Gasteiger partial charge on any atom is -0.380 e. The van der Waals surface area contributed by atoms with Crippen LogP contribution in [-0.2, 0) is 4.74 Å². The van der Waals surface area contributed by atoms with Gasteiger partial charge in [0.2, 0.25) is 0 Å². The second-order valence-electron chi connectivity index (χ2n) is 6.84. The molecule has 21 heavy (non-hydrogen) atoms. The van der Waals surface area contributed by atoms with Crippen molar-refractivity contribution < 1.29 is 4.74 Å². The fraction of sp³-hybridized carbons (Fsp3) is 0.647. The molecule has 0 aliphatic carbocycles. The quantitative estimate of drug-likeness (QED) is 0.924. The van der Waals surface area contributed by atoms with E-state index < -0.39 is 0 Å². The van der Waals surface area contributed by atoms with Crippen LogP contribution < -0.4 is 10.2 Å². The van der Waals surface area contributed by atoms with Crippen LogP contribution in [0.25, 0.3) is 0 Å². The van der Waals surface area contributed by atoms with Gasteiger partial charge >= 0.3 is 0 Å². The lowest BCUT2D eigenvalue weighted by atomic mass is 9.87. The molecule has 2 fully saturated rings. The number of morpholine rings is 1. The van der Waals surface area contributed by atoms with Crippen molar-refractivity contribution in [3.8, 4) is 0 Å². The number of nitrogens with one attached hydrogen (secondary N) is 1. The van der Waals surface area contributed by atoms with Crippen molar-refractivity contribution in [2.24, 2.45) is 5.41 Å². The summed E-state index contributed by atoms with van der Waals surface area (Å²) < 4.78 is 5.47. The molecule has 0 spiro atoms. The number of hydrogen-bond donors (Lipinski definition) is 1. The summed E-state index contributed by atoms with van der Waals surface area (Å²) in [4.78, 5) is 2.44. The summed E-state index contributed by atoms with van der Waals surface area (Å²) in [5.41, 5.74) is 3.05. The Bertz CT molecular complexity index is 472. The van der Waals surface area contributed by atoms with E-state index >= 15 is 0 Å². The molecule has 0 aromatic heterocycles. The summed E-state index contributed by atoms with van der Waals surface area (Å²) in [5, 5.41) is 3.80. The lowest BCUT2D eigenvalue weighted by Crippen LogP contribution is -2.38. The number of benzene rings is 1. The molecule has 0 radical (unpaired) electrons. The number of para-hydroxylation sites is 2. The highest BCUT2D eigenvalue weighted by atomic mass is 32.2. The molecule has 2 saturated heterocycles. The molecule has 0 amide bonds. The first-order chi connectivity index (χ1) is 10.1. The molecule has 116 valence electrons. The minimum atomic E-state index is 0.439. The van der Waals surface area contributed by atoms with Crippen molar-refractivity contribution in [3.05, 3.63) is 24.3 Å². The molecule has 0 saturated carbocycles. The third kappa shape index (κ3) is 3.86. The van der Waals surface area contributed by atoms with Gasteiger partial charge in [0.05, 0.1) is 24.6 Å². The molecule has 0 bridgehead atoms. The van der Waals surface area contributed by atoms with E-state index in [1.54, 1.807) is 0 Å². The Labute approximate surface area is 132 Å². The van der Waals surface area contributed by atoms with Gasteiger partial charge in [-0.15, -0.1) is 0 Å². The van der Waals surface area contributed by atoms with Gasteiger partial charge in [-0.1, -0.05) is 26.0 Å². The van der Waals surface area contributed by atoms with E-state index in [9.17, 15) is 0 Å². The standard InChI is InChI=1S/C17H26N2OS/c1-17(2)11-14(12-21-13-17)18-15-5-3-4-6-16(15)19-7-9-20-10-8-19/h3-6,14,18H,7-13H2,1-2H3. The first kappa shape index (κ1) is 15.0. The van der Waals surface area contributed by atoms with Gasteiger partial charge in [0.25, 0.3) is 0 Å². The van der Waals surface area contributed by atoms with Gasteiger partial charge in [0.15, 0.2) is 0 Å². The second-order valence-corrected chi connectivity index (χ2v) is 7.87. The van der Waals surface area contributed by atoms with Crippen molar-refractivity contribution in [2.45, 2.75) is 26.3 Å². The summed E-state index contributed by atoms with van der Waals surface area (Å²) in [6, 6.07) is 9.29. The molecule has 2 aliphatic heterocycles. The third-order valence-electron chi connectivity index (χ3n) is 4.23. The van der Waals surface area contributed by atoms with E-state index in [4.69, 9.17) is 4.74 Å². The van der Waals surface area contributed by atoms with Crippen LogP contribution in [0.2, 0.25) is 0 Å². The maximum Gasteiger partial charge on any atom is 0.0642 e. The van der Waals surface area contributed by atoms with Crippen molar-refractivity contribution >= 4 is 23.1 Å². The van der Waals surface area contributed by atoms with Gasteiger partial charge in [-0.3, -0.25) is 0 Å². The van der Waals surface area contributed by atoms with E-state index in [1.807, 2.05) is 0 Å². The Morgan fingerprint density at radius 2 is 2.00 bits per heavy atom. The highest BCUT2D eigenvalue weighted by Gasteiger charge is 2.29. The largest absolute Gasteiger partial charge is 0.380 e. The summed E-state index contributed by atoms with van der Waals surface area (Å²) in [5.74, 6) is 2.48. The molecule has 1 unspecified atom stereocenters. The lowest BCUT2D eigenvalue weighted by Gasteiger charge is -2.37. The van der Waals surface area contributed by atoms with E-state index in [0.29, 0.717) is 11.5 Å². The Morgan fingerprint density at radius 1 is 1.24 bits per heavy atom. The fourth-order valence-corrected chi connectivity index (χ4v) is 4.52. The van der Waals surface area contributed by atoms with Gasteiger partial charge < -0.3 is 15.0 Å². The van der Waals surface area contributed by atoms with Crippen LogP contribution in [0.4, 0.5) is 11.4 Å². The Balaban J connectivity index is 1.73. The number of thioether (sulfide) groups is 1. The van der Waals surface area contributed by atoms with Crippen molar-refractivity contribution in [3.63, 3.8) is 0 Å². The Hall–Kier alpha value is -0.870. The Kier molecular flexibility index (Phi) is 4.65. The second kappa shape index (κ2) is 6.49. The number of anilines is 2. The van der Waals surface area contributed by atoms with Crippen molar-refractivity contribution in [1.29, 1.82) is 0 Å². The van der Waals surface area contributed by atoms with E-state index in [-0.39, 0.29) is 0 Å². The van der Waals surface area contributed by atoms with Crippen LogP contribution in [0.3, 0.4) is 0 Å². The lowest BCUT2D eigenvalue weighted by molar-refractivity contribution is 0.123. The van der Waals surface area contributed by atoms with Gasteiger partial charge in [-0.2, -0.15) is 11.8 Å². The average molecular weight is 306 g/mol. The summed E-state index contributed by atoms with van der Waals surface area (Å²) in [6.07, 6.45) is 1.25. The molecule has 1 aromatic carbocycles. The van der Waals surface area contributed by atoms with Crippen LogP contribution in [0.1, 0.15) is 20.3 Å². The summed E-state index contributed by atoms with van der Waals surface area (Å²) >= 11 is 2.07. The molecule has 3 rings (SSSR count). The molecule has 1 atom stereocenters. The van der Waals surface area contributed by atoms with Gasteiger partial charge in [-0.05, 0) is 29.7 Å². The van der Waals surface area contributed by atoms with Crippen molar-refractivity contribution in [1.82, 2.24) is 0 Å². The SMILES string of the molecule is CC1(C)CSCC(Nc2ccccc2N2CCOCC2)C1. The van der Waals surface area contributed by atoms with Crippen LogP contribution in [-0.4, -0.2) is 43.9 Å². The normalized spacial score (nSPS) is 25.6. The number of rotatable bonds is 3. The van der Waals surface area contributed by atoms with E-state index in [0.717, 1.165) is 26.3 Å². The van der Waals surface area contributed by atoms with Gasteiger partial charge in [0.1, 0.15) is 0 Å². The van der Waals surface area contributed by atoms with Crippen LogP contribution in [0, 0.1) is 5.41 Å². The number of nitrogens with zero attached hydrogens (tertiary/aromatic N) is 1. The maximum absolute atomic E-state index is 5.47. The zero-order chi connectivity index (χ0) is 14.7. The molecule has 2 aliphatic rings. The third-order valence-corrected chi connectivity index (χ3v) is 5.85. The molecule has 4 heteroatoms. The summed E-state index contributed by atoms with van der Waals surface area (Å²) in [6.45, 7) is 8.40. The molecule has 3 nitrogen and oxygen atoms in total. The average Bonchev–Trinajstić information content (AvgIpc) is 2.48. The Morgan fingerprint density at radius 3 is 2.76 bits per heavy atom. The predicted octanol–water partition coefficient (Wildman–Crippen LogP) is 3.47. The minimum absolute atomic E-state index is 0.439. The highest BCUT2D eigenvalue weighted by Crippen LogP contribution is 2.36. The molecular weight excluding hydrogens is 280 g/mol.